The van der Waals surface area contributed by atoms with Gasteiger partial charge in [-0.2, -0.15) is 5.43 Å². The van der Waals surface area contributed by atoms with E-state index in [1.54, 1.807) is 6.21 Å². The lowest BCUT2D eigenvalue weighted by Crippen LogP contribution is -3.00. The SMILES string of the molecule is C[n+]1cccc(COc2ccc(/C=N/NC3=[NH+]CCCN3)cc2)c1.[Br-].[Br-]. The zero-order chi connectivity index (χ0) is 16.6. The number of rotatable bonds is 5. The van der Waals surface area contributed by atoms with Crippen molar-refractivity contribution in [3.63, 3.8) is 0 Å². The Bertz CT molecular complexity index is 735. The summed E-state index contributed by atoms with van der Waals surface area (Å²) in [5.74, 6) is 1.70. The van der Waals surface area contributed by atoms with Crippen molar-refractivity contribution < 1.29 is 48.3 Å². The van der Waals surface area contributed by atoms with Gasteiger partial charge in [0.15, 0.2) is 12.4 Å². The van der Waals surface area contributed by atoms with Gasteiger partial charge in [-0.15, -0.1) is 5.10 Å². The molecule has 0 radical (unpaired) electrons. The molecule has 1 aromatic carbocycles. The highest BCUT2D eigenvalue weighted by Crippen LogP contribution is 2.13. The minimum absolute atomic E-state index is 0. The van der Waals surface area contributed by atoms with Gasteiger partial charge in [0.1, 0.15) is 19.4 Å². The highest BCUT2D eigenvalue weighted by Gasteiger charge is 2.07. The number of nitrogens with zero attached hydrogens (tertiary/aromatic N) is 2. The van der Waals surface area contributed by atoms with Gasteiger partial charge >= 0.3 is 5.96 Å². The lowest BCUT2D eigenvalue weighted by Gasteiger charge is -2.06. The van der Waals surface area contributed by atoms with Crippen molar-refractivity contribution >= 4 is 12.2 Å². The predicted octanol–water partition coefficient (Wildman–Crippen LogP) is -6.55. The molecule has 0 atom stereocenters. The monoisotopic (exact) mass is 483 g/mol. The first-order valence-corrected chi connectivity index (χ1v) is 8.10. The zero-order valence-corrected chi connectivity index (χ0v) is 17.8. The summed E-state index contributed by atoms with van der Waals surface area (Å²) < 4.78 is 7.82. The average Bonchev–Trinajstić information content (AvgIpc) is 2.62. The fourth-order valence-corrected chi connectivity index (χ4v) is 2.38. The number of aromatic nitrogens is 1. The lowest BCUT2D eigenvalue weighted by atomic mass is 10.2. The van der Waals surface area contributed by atoms with Crippen molar-refractivity contribution in [1.82, 2.24) is 10.7 Å². The number of guanidine groups is 1. The molecule has 26 heavy (non-hydrogen) atoms. The largest absolute Gasteiger partial charge is 1.00 e. The first-order chi connectivity index (χ1) is 11.8. The highest BCUT2D eigenvalue weighted by molar-refractivity contribution is 5.82. The van der Waals surface area contributed by atoms with Gasteiger partial charge in [0.2, 0.25) is 0 Å². The van der Waals surface area contributed by atoms with Gasteiger partial charge in [-0.05, 0) is 35.9 Å². The molecule has 8 heteroatoms. The molecule has 2 heterocycles. The van der Waals surface area contributed by atoms with E-state index in [1.165, 1.54) is 0 Å². The summed E-state index contributed by atoms with van der Waals surface area (Å²) >= 11 is 0. The number of benzene rings is 1. The molecule has 3 rings (SSSR count). The Kier molecular flexibility index (Phi) is 9.90. The summed E-state index contributed by atoms with van der Waals surface area (Å²) in [6, 6.07) is 11.9. The number of hydrazone groups is 1. The molecule has 0 aliphatic carbocycles. The summed E-state index contributed by atoms with van der Waals surface area (Å²) in [5, 5.41) is 7.43. The Hall–Kier alpha value is -1.93. The van der Waals surface area contributed by atoms with Crippen LogP contribution in [0.1, 0.15) is 17.5 Å². The standard InChI is InChI=1S/C18H22N5O.2BrH/c1-23-11-2-4-16(13-23)14-24-17-7-5-15(6-8-17)12-21-22-18-19-9-3-10-20-18;;/h2,4-8,11-13H,3,9-10,14H2,1H3,(H2,19,20,22);2*1H/q+1;;/p-1/b21-12+;;. The molecule has 0 unspecified atom stereocenters. The molecule has 0 saturated carbocycles. The van der Waals surface area contributed by atoms with E-state index < -0.39 is 0 Å². The van der Waals surface area contributed by atoms with Crippen molar-refractivity contribution in [3.05, 3.63) is 59.9 Å². The van der Waals surface area contributed by atoms with E-state index >= 15 is 0 Å². The van der Waals surface area contributed by atoms with E-state index in [2.05, 4.69) is 33.1 Å². The van der Waals surface area contributed by atoms with Crippen molar-refractivity contribution in [1.29, 1.82) is 0 Å². The second-order valence-corrected chi connectivity index (χ2v) is 5.69. The zero-order valence-electron chi connectivity index (χ0n) is 14.6. The minimum Gasteiger partial charge on any atom is -1.00 e. The van der Waals surface area contributed by atoms with Crippen LogP contribution < -0.4 is 59.0 Å². The number of pyridine rings is 1. The fraction of sp³-hybridized carbons (Fsp3) is 0.278. The third kappa shape index (κ3) is 7.13. The van der Waals surface area contributed by atoms with E-state index in [0.717, 1.165) is 42.3 Å². The van der Waals surface area contributed by atoms with E-state index in [9.17, 15) is 0 Å². The Labute approximate surface area is 174 Å². The Morgan fingerprint density at radius 1 is 1.27 bits per heavy atom. The fourth-order valence-electron chi connectivity index (χ4n) is 2.38. The summed E-state index contributed by atoms with van der Waals surface area (Å²) in [5.41, 5.74) is 5.12. The van der Waals surface area contributed by atoms with Crippen LogP contribution in [0.4, 0.5) is 0 Å². The van der Waals surface area contributed by atoms with Gasteiger partial charge in [-0.25, -0.2) is 4.57 Å². The molecule has 1 aliphatic heterocycles. The quantitative estimate of drug-likeness (QED) is 0.225. The van der Waals surface area contributed by atoms with Crippen molar-refractivity contribution in [2.75, 3.05) is 13.1 Å². The summed E-state index contributed by atoms with van der Waals surface area (Å²) in [6.07, 6.45) is 6.96. The molecule has 2 aromatic rings. The number of aryl methyl sites for hydroxylation is 1. The van der Waals surface area contributed by atoms with Crippen LogP contribution in [0.3, 0.4) is 0 Å². The van der Waals surface area contributed by atoms with Gasteiger partial charge in [-0.3, -0.25) is 10.3 Å². The minimum atomic E-state index is 0. The van der Waals surface area contributed by atoms with Gasteiger partial charge in [-0.1, -0.05) is 0 Å². The van der Waals surface area contributed by atoms with Crippen LogP contribution in [-0.2, 0) is 13.7 Å². The number of hydrogen-bond donors (Lipinski definition) is 3. The normalized spacial score (nSPS) is 13.0. The van der Waals surface area contributed by atoms with Crippen LogP contribution in [0, 0.1) is 0 Å². The lowest BCUT2D eigenvalue weighted by molar-refractivity contribution is -0.672. The van der Waals surface area contributed by atoms with Gasteiger partial charge in [0, 0.05) is 12.5 Å². The van der Waals surface area contributed by atoms with Crippen LogP contribution >= 0.6 is 0 Å². The summed E-state index contributed by atoms with van der Waals surface area (Å²) in [4.78, 5) is 3.21. The molecule has 1 aromatic heterocycles. The number of hydrogen-bond acceptors (Lipinski definition) is 4. The van der Waals surface area contributed by atoms with Gasteiger partial charge < -0.3 is 38.7 Å². The van der Waals surface area contributed by atoms with E-state index in [0.29, 0.717) is 6.61 Å². The average molecular weight is 485 g/mol. The third-order valence-corrected chi connectivity index (χ3v) is 3.63. The van der Waals surface area contributed by atoms with Gasteiger partial charge in [0.05, 0.1) is 24.9 Å². The molecule has 0 fully saturated rings. The Morgan fingerprint density at radius 3 is 2.77 bits per heavy atom. The molecule has 1 aliphatic rings. The van der Waals surface area contributed by atoms with Crippen LogP contribution in [-0.4, -0.2) is 25.3 Å². The van der Waals surface area contributed by atoms with Crippen LogP contribution in [0.25, 0.3) is 0 Å². The van der Waals surface area contributed by atoms with Crippen LogP contribution in [0.15, 0.2) is 53.9 Å². The smallest absolute Gasteiger partial charge is 0.367 e. The maximum atomic E-state index is 5.80. The van der Waals surface area contributed by atoms with E-state index in [1.807, 2.05) is 48.1 Å². The topological polar surface area (TPSA) is 63.5 Å². The van der Waals surface area contributed by atoms with Crippen LogP contribution in [0.5, 0.6) is 5.75 Å². The van der Waals surface area contributed by atoms with Crippen molar-refractivity contribution in [2.24, 2.45) is 12.1 Å². The van der Waals surface area contributed by atoms with Gasteiger partial charge in [0.25, 0.3) is 0 Å². The second kappa shape index (κ2) is 11.6. The highest BCUT2D eigenvalue weighted by atomic mass is 79.9. The Balaban J connectivity index is 0.00000169. The van der Waals surface area contributed by atoms with Crippen LogP contribution in [0.2, 0.25) is 0 Å². The van der Waals surface area contributed by atoms with E-state index in [4.69, 9.17) is 4.74 Å². The third-order valence-electron chi connectivity index (χ3n) is 3.63. The second-order valence-electron chi connectivity index (χ2n) is 5.69. The Morgan fingerprint density at radius 2 is 2.08 bits per heavy atom. The number of ether oxygens (including phenoxy) is 1. The first-order valence-electron chi connectivity index (χ1n) is 8.10. The van der Waals surface area contributed by atoms with Crippen molar-refractivity contribution in [3.8, 4) is 5.75 Å². The van der Waals surface area contributed by atoms with E-state index in [-0.39, 0.29) is 34.0 Å². The molecule has 140 valence electrons. The summed E-state index contributed by atoms with van der Waals surface area (Å²) in [7, 11) is 2.00. The molecule has 0 amide bonds. The number of halogens is 2. The molecular formula is C18H23Br2N5O. The molecule has 0 bridgehead atoms. The first kappa shape index (κ1) is 22.1. The molecule has 3 N–H and O–H groups in total. The maximum absolute atomic E-state index is 5.80. The molecule has 6 nitrogen and oxygen atoms in total. The number of nitrogens with one attached hydrogen (secondary N) is 3. The van der Waals surface area contributed by atoms with Crippen molar-refractivity contribution in [2.45, 2.75) is 13.0 Å². The predicted molar refractivity (Wildman–Crippen MR) is 92.6 cm³/mol. The maximum Gasteiger partial charge on any atom is 0.367 e. The summed E-state index contributed by atoms with van der Waals surface area (Å²) in [6.45, 7) is 2.49. The molecule has 0 spiro atoms. The molecular weight excluding hydrogens is 462 g/mol. The molecule has 0 saturated heterocycles.